The van der Waals surface area contributed by atoms with Crippen molar-refractivity contribution >= 4 is 22.8 Å². The monoisotopic (exact) mass is 316 g/mol. The highest BCUT2D eigenvalue weighted by Gasteiger charge is 2.19. The standard InChI is InChI=1S/C14H12N4O5/c1-9(10-2-5-12(19)6-3-10)15-16-13-7-4-11(17(20)21)8-14(13)18(22)23/h2-8,16,19H,1H3/b15-9-. The van der Waals surface area contributed by atoms with Crippen LogP contribution in [0.4, 0.5) is 17.1 Å². The SMILES string of the molecule is C/C(=N/Nc1ccc([N+](=O)[O-])cc1[N+](=O)[O-])c1ccc(O)cc1. The van der Waals surface area contributed by atoms with Gasteiger partial charge >= 0.3 is 5.69 Å². The van der Waals surface area contributed by atoms with E-state index in [0.29, 0.717) is 11.3 Å². The average molecular weight is 316 g/mol. The predicted octanol–water partition coefficient (Wildman–Crippen LogP) is 3.04. The largest absolute Gasteiger partial charge is 0.508 e. The van der Waals surface area contributed by atoms with E-state index in [2.05, 4.69) is 10.5 Å². The number of hydrogen-bond acceptors (Lipinski definition) is 7. The van der Waals surface area contributed by atoms with Gasteiger partial charge < -0.3 is 5.11 Å². The fourth-order valence-electron chi connectivity index (χ4n) is 1.79. The van der Waals surface area contributed by atoms with Gasteiger partial charge in [-0.1, -0.05) is 0 Å². The maximum absolute atomic E-state index is 11.0. The number of nitrogens with zero attached hydrogens (tertiary/aromatic N) is 3. The molecule has 9 heteroatoms. The van der Waals surface area contributed by atoms with Crippen molar-refractivity contribution in [2.45, 2.75) is 6.92 Å². The molecule has 0 aliphatic carbocycles. The molecule has 0 atom stereocenters. The van der Waals surface area contributed by atoms with Crippen LogP contribution in [0.2, 0.25) is 0 Å². The van der Waals surface area contributed by atoms with Crippen molar-refractivity contribution in [1.82, 2.24) is 0 Å². The minimum atomic E-state index is -0.721. The Morgan fingerprint density at radius 3 is 2.30 bits per heavy atom. The molecule has 0 aliphatic heterocycles. The zero-order valence-corrected chi connectivity index (χ0v) is 12.0. The van der Waals surface area contributed by atoms with Gasteiger partial charge in [-0.3, -0.25) is 25.7 Å². The number of phenols is 1. The van der Waals surface area contributed by atoms with Crippen LogP contribution < -0.4 is 5.43 Å². The molecule has 2 N–H and O–H groups in total. The van der Waals surface area contributed by atoms with E-state index in [-0.39, 0.29) is 17.1 Å². The van der Waals surface area contributed by atoms with Crippen molar-refractivity contribution in [3.8, 4) is 5.75 Å². The van der Waals surface area contributed by atoms with Crippen molar-refractivity contribution in [2.24, 2.45) is 5.10 Å². The number of non-ortho nitro benzene ring substituents is 1. The highest BCUT2D eigenvalue weighted by molar-refractivity contribution is 5.99. The Bertz CT molecular complexity index is 786. The Kier molecular flexibility index (Phi) is 4.50. The fraction of sp³-hybridized carbons (Fsp3) is 0.0714. The average Bonchev–Trinajstić information content (AvgIpc) is 2.52. The number of rotatable bonds is 5. The molecule has 0 amide bonds. The molecular formula is C14H12N4O5. The first-order chi connectivity index (χ1) is 10.9. The second kappa shape index (κ2) is 6.52. The molecule has 118 valence electrons. The highest BCUT2D eigenvalue weighted by atomic mass is 16.6. The number of anilines is 1. The van der Waals surface area contributed by atoms with E-state index in [0.717, 1.165) is 12.1 Å². The van der Waals surface area contributed by atoms with E-state index in [1.165, 1.54) is 18.2 Å². The molecule has 2 aromatic rings. The third kappa shape index (κ3) is 3.79. The summed E-state index contributed by atoms with van der Waals surface area (Å²) in [4.78, 5) is 20.3. The molecule has 0 spiro atoms. The lowest BCUT2D eigenvalue weighted by atomic mass is 10.1. The van der Waals surface area contributed by atoms with E-state index in [4.69, 9.17) is 0 Å². The van der Waals surface area contributed by atoms with Gasteiger partial charge in [0.1, 0.15) is 11.4 Å². The number of nitro benzene ring substituents is 2. The lowest BCUT2D eigenvalue weighted by molar-refractivity contribution is -0.393. The third-order valence-corrected chi connectivity index (χ3v) is 3.02. The molecule has 2 rings (SSSR count). The summed E-state index contributed by atoms with van der Waals surface area (Å²) in [5.74, 6) is 0.112. The number of benzene rings is 2. The molecule has 0 aliphatic rings. The van der Waals surface area contributed by atoms with Crippen molar-refractivity contribution in [1.29, 1.82) is 0 Å². The number of nitrogens with one attached hydrogen (secondary N) is 1. The quantitative estimate of drug-likeness (QED) is 0.495. The van der Waals surface area contributed by atoms with Gasteiger partial charge in [0.2, 0.25) is 0 Å². The molecule has 0 bridgehead atoms. The molecule has 0 unspecified atom stereocenters. The van der Waals surface area contributed by atoms with Crippen LogP contribution in [-0.4, -0.2) is 20.7 Å². The van der Waals surface area contributed by atoms with Crippen LogP contribution in [-0.2, 0) is 0 Å². The van der Waals surface area contributed by atoms with Crippen LogP contribution in [0.1, 0.15) is 12.5 Å². The van der Waals surface area contributed by atoms with Crippen LogP contribution in [0, 0.1) is 20.2 Å². The number of nitro groups is 2. The molecular weight excluding hydrogens is 304 g/mol. The van der Waals surface area contributed by atoms with Gasteiger partial charge in [0, 0.05) is 6.07 Å². The molecule has 0 saturated heterocycles. The molecule has 0 heterocycles. The Labute approximate surface area is 130 Å². The zero-order chi connectivity index (χ0) is 17.0. The topological polar surface area (TPSA) is 131 Å². The Balaban J connectivity index is 2.28. The van der Waals surface area contributed by atoms with E-state index in [1.807, 2.05) is 0 Å². The number of aromatic hydroxyl groups is 1. The third-order valence-electron chi connectivity index (χ3n) is 3.02. The first kappa shape index (κ1) is 15.9. The summed E-state index contributed by atoms with van der Waals surface area (Å²) in [6.45, 7) is 1.68. The summed E-state index contributed by atoms with van der Waals surface area (Å²) in [7, 11) is 0. The van der Waals surface area contributed by atoms with Crippen LogP contribution in [0.25, 0.3) is 0 Å². The van der Waals surface area contributed by atoms with Crippen LogP contribution in [0.5, 0.6) is 5.75 Å². The number of hydrazone groups is 1. The number of hydrogen-bond donors (Lipinski definition) is 2. The van der Waals surface area contributed by atoms with Crippen molar-refractivity contribution in [3.63, 3.8) is 0 Å². The van der Waals surface area contributed by atoms with Gasteiger partial charge in [-0.15, -0.1) is 0 Å². The van der Waals surface area contributed by atoms with Crippen LogP contribution in [0.15, 0.2) is 47.6 Å². The summed E-state index contributed by atoms with van der Waals surface area (Å²) < 4.78 is 0. The Hall–Kier alpha value is -3.49. The van der Waals surface area contributed by atoms with E-state index >= 15 is 0 Å². The summed E-state index contributed by atoms with van der Waals surface area (Å²) >= 11 is 0. The van der Waals surface area contributed by atoms with Crippen molar-refractivity contribution in [2.75, 3.05) is 5.43 Å². The predicted molar refractivity (Wildman–Crippen MR) is 83.7 cm³/mol. The van der Waals surface area contributed by atoms with Gasteiger partial charge in [-0.2, -0.15) is 5.10 Å². The maximum atomic E-state index is 11.0. The fourth-order valence-corrected chi connectivity index (χ4v) is 1.79. The van der Waals surface area contributed by atoms with Crippen molar-refractivity contribution in [3.05, 3.63) is 68.3 Å². The second-order valence-electron chi connectivity index (χ2n) is 4.57. The molecule has 9 nitrogen and oxygen atoms in total. The summed E-state index contributed by atoms with van der Waals surface area (Å²) in [5.41, 5.74) is 2.99. The van der Waals surface area contributed by atoms with Gasteiger partial charge in [-0.05, 0) is 42.8 Å². The van der Waals surface area contributed by atoms with Gasteiger partial charge in [0.05, 0.1) is 21.6 Å². The first-order valence-corrected chi connectivity index (χ1v) is 6.41. The molecule has 0 aromatic heterocycles. The van der Waals surface area contributed by atoms with E-state index in [1.54, 1.807) is 19.1 Å². The molecule has 2 aromatic carbocycles. The summed E-state index contributed by atoms with van der Waals surface area (Å²) in [6, 6.07) is 9.50. The summed E-state index contributed by atoms with van der Waals surface area (Å²) in [5, 5.41) is 34.9. The molecule has 0 saturated carbocycles. The Morgan fingerprint density at radius 1 is 1.09 bits per heavy atom. The van der Waals surface area contributed by atoms with Crippen molar-refractivity contribution < 1.29 is 15.0 Å². The first-order valence-electron chi connectivity index (χ1n) is 6.41. The second-order valence-corrected chi connectivity index (χ2v) is 4.57. The molecule has 0 radical (unpaired) electrons. The lowest BCUT2D eigenvalue weighted by Crippen LogP contribution is -2.02. The minimum Gasteiger partial charge on any atom is -0.508 e. The van der Waals surface area contributed by atoms with E-state index in [9.17, 15) is 25.3 Å². The lowest BCUT2D eigenvalue weighted by Gasteiger charge is -2.05. The van der Waals surface area contributed by atoms with Crippen LogP contribution in [0.3, 0.4) is 0 Å². The summed E-state index contributed by atoms with van der Waals surface area (Å²) in [6.07, 6.45) is 0. The highest BCUT2D eigenvalue weighted by Crippen LogP contribution is 2.29. The maximum Gasteiger partial charge on any atom is 0.301 e. The zero-order valence-electron chi connectivity index (χ0n) is 12.0. The molecule has 0 fully saturated rings. The van der Waals surface area contributed by atoms with Crippen LogP contribution >= 0.6 is 0 Å². The van der Waals surface area contributed by atoms with Gasteiger partial charge in [-0.25, -0.2) is 0 Å². The number of phenolic OH excluding ortho intramolecular Hbond substituents is 1. The molecule has 23 heavy (non-hydrogen) atoms. The smallest absolute Gasteiger partial charge is 0.301 e. The minimum absolute atomic E-state index is 0.0405. The van der Waals surface area contributed by atoms with Gasteiger partial charge in [0.25, 0.3) is 5.69 Å². The Morgan fingerprint density at radius 2 is 1.74 bits per heavy atom. The van der Waals surface area contributed by atoms with Gasteiger partial charge in [0.15, 0.2) is 0 Å². The normalized spacial score (nSPS) is 11.1. The van der Waals surface area contributed by atoms with E-state index < -0.39 is 15.5 Å².